The zero-order valence-electron chi connectivity index (χ0n) is 12.5. The van der Waals surface area contributed by atoms with Crippen molar-refractivity contribution in [1.29, 1.82) is 0 Å². The largest absolute Gasteiger partial charge is 0.495 e. The number of furan rings is 1. The molecule has 1 aromatic carbocycles. The number of rotatable bonds is 6. The highest BCUT2D eigenvalue weighted by molar-refractivity contribution is 9.10. The molecule has 0 unspecified atom stereocenters. The summed E-state index contributed by atoms with van der Waals surface area (Å²) < 4.78 is 15.7. The molecule has 0 saturated heterocycles. The fraction of sp³-hybridized carbons (Fsp3) is 0.125. The lowest BCUT2D eigenvalue weighted by atomic mass is 10.3. The highest BCUT2D eigenvalue weighted by atomic mass is 79.9. The van der Waals surface area contributed by atoms with E-state index in [1.807, 2.05) is 0 Å². The molecule has 0 atom stereocenters. The number of hydrogen-bond donors (Lipinski definition) is 1. The number of amides is 1. The molecule has 2 rings (SSSR count). The number of anilines is 1. The van der Waals surface area contributed by atoms with E-state index in [2.05, 4.69) is 21.2 Å². The average molecular weight is 415 g/mol. The molecule has 0 aliphatic carbocycles. The molecule has 0 saturated carbocycles. The van der Waals surface area contributed by atoms with Gasteiger partial charge >= 0.3 is 5.97 Å². The minimum atomic E-state index is -0.671. The summed E-state index contributed by atoms with van der Waals surface area (Å²) in [5.74, 6) is -0.261. The fourth-order valence-electron chi connectivity index (χ4n) is 1.72. The minimum absolute atomic E-state index is 0.391. The third-order valence-electron chi connectivity index (χ3n) is 2.76. The van der Waals surface area contributed by atoms with Crippen LogP contribution in [0.5, 0.6) is 5.75 Å². The van der Waals surface area contributed by atoms with Crippen molar-refractivity contribution >= 4 is 51.2 Å². The first-order valence-corrected chi connectivity index (χ1v) is 7.88. The molecule has 0 spiro atoms. The Morgan fingerprint density at radius 1 is 1.33 bits per heavy atom. The molecule has 1 heterocycles. The number of carbonyl (C=O) groups excluding carboxylic acids is 2. The first-order valence-electron chi connectivity index (χ1n) is 6.71. The second-order valence-corrected chi connectivity index (χ2v) is 5.69. The number of nitrogens with one attached hydrogen (secondary N) is 1. The van der Waals surface area contributed by atoms with E-state index in [1.165, 1.54) is 25.3 Å². The third kappa shape index (κ3) is 5.43. The Labute approximate surface area is 151 Å². The quantitative estimate of drug-likeness (QED) is 0.573. The van der Waals surface area contributed by atoms with Crippen LogP contribution in [0.3, 0.4) is 0 Å². The Balaban J connectivity index is 1.85. The van der Waals surface area contributed by atoms with Crippen molar-refractivity contribution in [2.75, 3.05) is 19.0 Å². The number of halogens is 2. The van der Waals surface area contributed by atoms with Gasteiger partial charge in [0.25, 0.3) is 5.91 Å². The van der Waals surface area contributed by atoms with E-state index in [9.17, 15) is 9.59 Å². The summed E-state index contributed by atoms with van der Waals surface area (Å²) in [4.78, 5) is 23.4. The number of ether oxygens (including phenoxy) is 2. The van der Waals surface area contributed by atoms with Crippen molar-refractivity contribution in [2.45, 2.75) is 0 Å². The van der Waals surface area contributed by atoms with Gasteiger partial charge < -0.3 is 19.2 Å². The average Bonchev–Trinajstić information content (AvgIpc) is 2.97. The standard InChI is InChI=1S/C16H13BrClNO5/c1-22-13-5-2-10(18)8-12(13)19-15(20)9-23-16(21)7-4-11-3-6-14(17)24-11/h2-8H,9H2,1H3,(H,19,20). The molecular formula is C16H13BrClNO5. The van der Waals surface area contributed by atoms with Gasteiger partial charge in [-0.05, 0) is 52.3 Å². The summed E-state index contributed by atoms with van der Waals surface area (Å²) in [6.45, 7) is -0.444. The molecule has 6 nitrogen and oxygen atoms in total. The minimum Gasteiger partial charge on any atom is -0.495 e. The topological polar surface area (TPSA) is 77.8 Å². The van der Waals surface area contributed by atoms with E-state index in [1.54, 1.807) is 24.3 Å². The maximum Gasteiger partial charge on any atom is 0.331 e. The summed E-state index contributed by atoms with van der Waals surface area (Å²) in [6.07, 6.45) is 2.60. The summed E-state index contributed by atoms with van der Waals surface area (Å²) in [5, 5.41) is 3.00. The molecule has 1 amide bonds. The van der Waals surface area contributed by atoms with Crippen molar-refractivity contribution in [2.24, 2.45) is 0 Å². The summed E-state index contributed by atoms with van der Waals surface area (Å²) >= 11 is 9.02. The van der Waals surface area contributed by atoms with Crippen LogP contribution in [-0.2, 0) is 14.3 Å². The van der Waals surface area contributed by atoms with Gasteiger partial charge in [0.15, 0.2) is 11.3 Å². The first kappa shape index (κ1) is 18.1. The SMILES string of the molecule is COc1ccc(Cl)cc1NC(=O)COC(=O)C=Cc1ccc(Br)o1. The molecule has 0 aliphatic rings. The second-order valence-electron chi connectivity index (χ2n) is 4.48. The van der Waals surface area contributed by atoms with Crippen molar-refractivity contribution in [3.63, 3.8) is 0 Å². The van der Waals surface area contributed by atoms with Crippen molar-refractivity contribution in [1.82, 2.24) is 0 Å². The van der Waals surface area contributed by atoms with Gasteiger partial charge in [0, 0.05) is 11.1 Å². The van der Waals surface area contributed by atoms with Gasteiger partial charge in [-0.3, -0.25) is 4.79 Å². The van der Waals surface area contributed by atoms with E-state index in [0.29, 0.717) is 26.9 Å². The maximum absolute atomic E-state index is 11.8. The maximum atomic E-state index is 11.8. The number of carbonyl (C=O) groups is 2. The molecule has 0 aliphatic heterocycles. The van der Waals surface area contributed by atoms with Crippen molar-refractivity contribution in [3.8, 4) is 5.75 Å². The van der Waals surface area contributed by atoms with E-state index < -0.39 is 18.5 Å². The highest BCUT2D eigenvalue weighted by Crippen LogP contribution is 2.27. The number of methoxy groups -OCH3 is 1. The van der Waals surface area contributed by atoms with Crippen LogP contribution >= 0.6 is 27.5 Å². The molecule has 24 heavy (non-hydrogen) atoms. The lowest BCUT2D eigenvalue weighted by molar-refractivity contribution is -0.142. The normalized spacial score (nSPS) is 10.6. The molecule has 1 N–H and O–H groups in total. The zero-order chi connectivity index (χ0) is 17.5. The highest BCUT2D eigenvalue weighted by Gasteiger charge is 2.10. The van der Waals surface area contributed by atoms with Gasteiger partial charge in [-0.25, -0.2) is 4.79 Å². The molecule has 126 valence electrons. The van der Waals surface area contributed by atoms with Gasteiger partial charge in [0.05, 0.1) is 12.8 Å². The molecule has 2 aromatic rings. The van der Waals surface area contributed by atoms with Gasteiger partial charge in [-0.1, -0.05) is 11.6 Å². The second kappa shape index (κ2) is 8.56. The molecule has 0 radical (unpaired) electrons. The number of hydrogen-bond acceptors (Lipinski definition) is 5. The van der Waals surface area contributed by atoms with Crippen LogP contribution < -0.4 is 10.1 Å². The van der Waals surface area contributed by atoms with Crippen LogP contribution in [0.4, 0.5) is 5.69 Å². The van der Waals surface area contributed by atoms with Crippen LogP contribution in [-0.4, -0.2) is 25.6 Å². The molecule has 0 bridgehead atoms. The van der Waals surface area contributed by atoms with Gasteiger partial charge in [0.2, 0.25) is 0 Å². The van der Waals surface area contributed by atoms with E-state index in [-0.39, 0.29) is 0 Å². The van der Waals surface area contributed by atoms with E-state index in [0.717, 1.165) is 0 Å². The molecule has 8 heteroatoms. The first-order chi connectivity index (χ1) is 11.5. The fourth-order valence-corrected chi connectivity index (χ4v) is 2.21. The van der Waals surface area contributed by atoms with Crippen LogP contribution in [0.1, 0.15) is 5.76 Å². The van der Waals surface area contributed by atoms with Crippen LogP contribution in [0.15, 0.2) is 45.5 Å². The Morgan fingerprint density at radius 3 is 2.79 bits per heavy atom. The predicted molar refractivity (Wildman–Crippen MR) is 93.0 cm³/mol. The monoisotopic (exact) mass is 413 g/mol. The van der Waals surface area contributed by atoms with Crippen LogP contribution in [0, 0.1) is 0 Å². The lowest BCUT2D eigenvalue weighted by Crippen LogP contribution is -2.20. The Morgan fingerprint density at radius 2 is 2.12 bits per heavy atom. The third-order valence-corrected chi connectivity index (χ3v) is 3.42. The van der Waals surface area contributed by atoms with E-state index >= 15 is 0 Å². The molecular weight excluding hydrogens is 402 g/mol. The molecule has 0 fully saturated rings. The van der Waals surface area contributed by atoms with E-state index in [4.69, 9.17) is 25.5 Å². The number of esters is 1. The molecule has 1 aromatic heterocycles. The van der Waals surface area contributed by atoms with Crippen LogP contribution in [0.25, 0.3) is 6.08 Å². The Kier molecular flexibility index (Phi) is 6.45. The van der Waals surface area contributed by atoms with Gasteiger partial charge in [0.1, 0.15) is 11.5 Å². The zero-order valence-corrected chi connectivity index (χ0v) is 14.9. The summed E-state index contributed by atoms with van der Waals surface area (Å²) in [5.41, 5.74) is 0.391. The number of benzene rings is 1. The Hall–Kier alpha value is -2.25. The van der Waals surface area contributed by atoms with Crippen molar-refractivity contribution < 1.29 is 23.5 Å². The van der Waals surface area contributed by atoms with Crippen LogP contribution in [0.2, 0.25) is 5.02 Å². The smallest absolute Gasteiger partial charge is 0.331 e. The van der Waals surface area contributed by atoms with Crippen molar-refractivity contribution in [3.05, 3.63) is 51.9 Å². The predicted octanol–water partition coefficient (Wildman–Crippen LogP) is 3.90. The van der Waals surface area contributed by atoms with Gasteiger partial charge in [-0.15, -0.1) is 0 Å². The summed E-state index contributed by atoms with van der Waals surface area (Å²) in [6, 6.07) is 8.15. The van der Waals surface area contributed by atoms with Gasteiger partial charge in [-0.2, -0.15) is 0 Å². The summed E-state index contributed by atoms with van der Waals surface area (Å²) in [7, 11) is 1.47. The Bertz CT molecular complexity index is 772. The lowest BCUT2D eigenvalue weighted by Gasteiger charge is -2.10.